The predicted molar refractivity (Wildman–Crippen MR) is 109 cm³/mol. The molecule has 0 saturated heterocycles. The SMILES string of the molecule is COc1cccc2cc(C(=O)NCc3ccco3)c(=Nc3ccc(F)c(C)c3)oc12. The van der Waals surface area contributed by atoms with Crippen LogP contribution >= 0.6 is 0 Å². The molecule has 0 aliphatic heterocycles. The molecular weight excluding hydrogens is 387 g/mol. The lowest BCUT2D eigenvalue weighted by Crippen LogP contribution is -2.28. The van der Waals surface area contributed by atoms with Crippen LogP contribution in [-0.2, 0) is 6.54 Å². The number of amides is 1. The van der Waals surface area contributed by atoms with Gasteiger partial charge in [0.2, 0.25) is 5.55 Å². The molecule has 0 spiro atoms. The van der Waals surface area contributed by atoms with Gasteiger partial charge in [0.15, 0.2) is 11.3 Å². The molecule has 30 heavy (non-hydrogen) atoms. The normalized spacial score (nSPS) is 11.6. The van der Waals surface area contributed by atoms with Crippen molar-refractivity contribution >= 4 is 22.6 Å². The fourth-order valence-electron chi connectivity index (χ4n) is 3.02. The molecule has 0 fully saturated rings. The number of carbonyl (C=O) groups excluding carboxylic acids is 1. The highest BCUT2D eigenvalue weighted by molar-refractivity contribution is 5.97. The van der Waals surface area contributed by atoms with Gasteiger partial charge in [0.1, 0.15) is 17.1 Å². The Balaban J connectivity index is 1.84. The highest BCUT2D eigenvalue weighted by Gasteiger charge is 2.15. The number of aryl methyl sites for hydroxylation is 1. The lowest BCUT2D eigenvalue weighted by atomic mass is 10.1. The number of nitrogens with zero attached hydrogens (tertiary/aromatic N) is 1. The van der Waals surface area contributed by atoms with Gasteiger partial charge < -0.3 is 18.9 Å². The van der Waals surface area contributed by atoms with Crippen LogP contribution < -0.4 is 15.6 Å². The van der Waals surface area contributed by atoms with Crippen molar-refractivity contribution in [1.82, 2.24) is 5.32 Å². The molecule has 2 aromatic heterocycles. The fraction of sp³-hybridized carbons (Fsp3) is 0.130. The number of rotatable bonds is 5. The predicted octanol–water partition coefficient (Wildman–Crippen LogP) is 4.64. The van der Waals surface area contributed by atoms with Crippen LogP contribution in [0.3, 0.4) is 0 Å². The van der Waals surface area contributed by atoms with Gasteiger partial charge in [-0.25, -0.2) is 9.38 Å². The van der Waals surface area contributed by atoms with E-state index in [1.807, 2.05) is 6.07 Å². The minimum absolute atomic E-state index is 0.0925. The van der Waals surface area contributed by atoms with Gasteiger partial charge in [0, 0.05) is 5.39 Å². The van der Waals surface area contributed by atoms with E-state index in [-0.39, 0.29) is 29.4 Å². The van der Waals surface area contributed by atoms with Crippen LogP contribution in [0.2, 0.25) is 0 Å². The zero-order valence-corrected chi connectivity index (χ0v) is 16.4. The van der Waals surface area contributed by atoms with E-state index in [0.29, 0.717) is 33.7 Å². The molecule has 4 aromatic rings. The van der Waals surface area contributed by atoms with Crippen molar-refractivity contribution in [3.05, 3.63) is 89.1 Å². The number of hydrogen-bond acceptors (Lipinski definition) is 5. The molecule has 1 amide bonds. The molecule has 152 valence electrons. The first-order chi connectivity index (χ1) is 14.5. The van der Waals surface area contributed by atoms with Crippen molar-refractivity contribution in [3.8, 4) is 5.75 Å². The summed E-state index contributed by atoms with van der Waals surface area (Å²) in [6.07, 6.45) is 1.54. The minimum Gasteiger partial charge on any atom is -0.493 e. The molecule has 1 N–H and O–H groups in total. The molecule has 7 heteroatoms. The summed E-state index contributed by atoms with van der Waals surface area (Å²) in [6, 6.07) is 15.0. The number of methoxy groups -OCH3 is 1. The highest BCUT2D eigenvalue weighted by Crippen LogP contribution is 2.25. The van der Waals surface area contributed by atoms with Gasteiger partial charge in [-0.15, -0.1) is 0 Å². The second-order valence-corrected chi connectivity index (χ2v) is 6.65. The number of fused-ring (bicyclic) bond motifs is 1. The Morgan fingerprint density at radius 3 is 2.77 bits per heavy atom. The van der Waals surface area contributed by atoms with E-state index in [2.05, 4.69) is 10.3 Å². The van der Waals surface area contributed by atoms with Crippen LogP contribution in [0.4, 0.5) is 10.1 Å². The van der Waals surface area contributed by atoms with Crippen molar-refractivity contribution in [1.29, 1.82) is 0 Å². The standard InChI is InChI=1S/C23H19FN2O4/c1-14-11-16(8-9-19(14)24)26-23-18(22(27)25-13-17-6-4-10-29-17)12-15-5-3-7-20(28-2)21(15)30-23/h3-12H,13H2,1-2H3,(H,25,27). The summed E-state index contributed by atoms with van der Waals surface area (Å²) in [7, 11) is 1.54. The van der Waals surface area contributed by atoms with E-state index >= 15 is 0 Å². The van der Waals surface area contributed by atoms with Crippen molar-refractivity contribution in [2.24, 2.45) is 4.99 Å². The van der Waals surface area contributed by atoms with Crippen LogP contribution in [0.5, 0.6) is 5.75 Å². The van der Waals surface area contributed by atoms with Crippen LogP contribution in [0, 0.1) is 12.7 Å². The number of halogens is 1. The summed E-state index contributed by atoms with van der Waals surface area (Å²) in [6.45, 7) is 1.86. The molecule has 4 rings (SSSR count). The Morgan fingerprint density at radius 2 is 2.03 bits per heavy atom. The quantitative estimate of drug-likeness (QED) is 0.524. The molecule has 0 bridgehead atoms. The van der Waals surface area contributed by atoms with Gasteiger partial charge in [-0.1, -0.05) is 12.1 Å². The van der Waals surface area contributed by atoms with Crippen molar-refractivity contribution in [2.75, 3.05) is 7.11 Å². The van der Waals surface area contributed by atoms with Gasteiger partial charge in [-0.05, 0) is 55.0 Å². The second kappa shape index (κ2) is 8.24. The first kappa shape index (κ1) is 19.4. The third-order valence-corrected chi connectivity index (χ3v) is 4.58. The van der Waals surface area contributed by atoms with Crippen LogP contribution in [0.15, 0.2) is 74.7 Å². The molecule has 0 radical (unpaired) electrons. The summed E-state index contributed by atoms with van der Waals surface area (Å²) >= 11 is 0. The number of hydrogen-bond donors (Lipinski definition) is 1. The maximum Gasteiger partial charge on any atom is 0.257 e. The Kier molecular flexibility index (Phi) is 5.34. The summed E-state index contributed by atoms with van der Waals surface area (Å²) in [5.74, 6) is 0.428. The van der Waals surface area contributed by atoms with E-state index in [4.69, 9.17) is 13.6 Å². The number of ether oxygens (including phenoxy) is 1. The van der Waals surface area contributed by atoms with E-state index in [0.717, 1.165) is 0 Å². The van der Waals surface area contributed by atoms with E-state index in [9.17, 15) is 9.18 Å². The second-order valence-electron chi connectivity index (χ2n) is 6.65. The first-order valence-corrected chi connectivity index (χ1v) is 9.27. The fourth-order valence-corrected chi connectivity index (χ4v) is 3.02. The van der Waals surface area contributed by atoms with Gasteiger partial charge in [-0.2, -0.15) is 0 Å². The molecule has 2 aromatic carbocycles. The van der Waals surface area contributed by atoms with Crippen LogP contribution in [0.1, 0.15) is 21.7 Å². The zero-order chi connectivity index (χ0) is 21.1. The molecular formula is C23H19FN2O4. The molecule has 0 unspecified atom stereocenters. The van der Waals surface area contributed by atoms with Gasteiger partial charge in [0.05, 0.1) is 25.6 Å². The molecule has 0 aliphatic rings. The first-order valence-electron chi connectivity index (χ1n) is 9.27. The van der Waals surface area contributed by atoms with Gasteiger partial charge in [0.25, 0.3) is 5.91 Å². The molecule has 2 heterocycles. The van der Waals surface area contributed by atoms with Crippen LogP contribution in [0.25, 0.3) is 11.0 Å². The minimum atomic E-state index is -0.377. The van der Waals surface area contributed by atoms with E-state index in [1.165, 1.54) is 25.5 Å². The number of furan rings is 1. The maximum atomic E-state index is 13.6. The summed E-state index contributed by atoms with van der Waals surface area (Å²) < 4.78 is 30.2. The van der Waals surface area contributed by atoms with Crippen molar-refractivity contribution in [3.63, 3.8) is 0 Å². The van der Waals surface area contributed by atoms with Gasteiger partial charge >= 0.3 is 0 Å². The average molecular weight is 406 g/mol. The molecule has 6 nitrogen and oxygen atoms in total. The lowest BCUT2D eigenvalue weighted by Gasteiger charge is -2.08. The monoisotopic (exact) mass is 406 g/mol. The van der Waals surface area contributed by atoms with E-state index < -0.39 is 0 Å². The van der Waals surface area contributed by atoms with Gasteiger partial charge in [-0.3, -0.25) is 4.79 Å². The molecule has 0 atom stereocenters. The van der Waals surface area contributed by atoms with Crippen molar-refractivity contribution in [2.45, 2.75) is 13.5 Å². The number of benzene rings is 2. The van der Waals surface area contributed by atoms with E-state index in [1.54, 1.807) is 43.3 Å². The third kappa shape index (κ3) is 3.96. The zero-order valence-electron chi connectivity index (χ0n) is 16.4. The van der Waals surface area contributed by atoms with Crippen molar-refractivity contribution < 1.29 is 22.8 Å². The van der Waals surface area contributed by atoms with Crippen LogP contribution in [-0.4, -0.2) is 13.0 Å². The summed E-state index contributed by atoms with van der Waals surface area (Å²) in [4.78, 5) is 17.4. The molecule has 0 aliphatic carbocycles. The number of para-hydroxylation sites is 1. The topological polar surface area (TPSA) is 77.0 Å². The summed E-state index contributed by atoms with van der Waals surface area (Å²) in [5, 5.41) is 3.48. The lowest BCUT2D eigenvalue weighted by molar-refractivity contribution is 0.0944. The average Bonchev–Trinajstić information content (AvgIpc) is 3.27. The Hall–Kier alpha value is -3.87. The number of carbonyl (C=O) groups is 1. The third-order valence-electron chi connectivity index (χ3n) is 4.58. The Bertz CT molecular complexity index is 1280. The maximum absolute atomic E-state index is 13.6. The summed E-state index contributed by atoms with van der Waals surface area (Å²) in [5.41, 5.74) is 1.70. The largest absolute Gasteiger partial charge is 0.493 e. The Labute approximate surface area is 171 Å². The Morgan fingerprint density at radius 1 is 1.17 bits per heavy atom. The molecule has 0 saturated carbocycles. The number of nitrogens with one attached hydrogen (secondary N) is 1. The smallest absolute Gasteiger partial charge is 0.257 e. The highest BCUT2D eigenvalue weighted by atomic mass is 19.1.